The number of aromatic nitrogens is 2. The van der Waals surface area contributed by atoms with Gasteiger partial charge in [-0.2, -0.15) is 0 Å². The third-order valence-electron chi connectivity index (χ3n) is 5.96. The average Bonchev–Trinajstić information content (AvgIpc) is 2.84. The molecule has 2 heterocycles. The van der Waals surface area contributed by atoms with Gasteiger partial charge in [-0.25, -0.2) is 14.4 Å². The highest BCUT2D eigenvalue weighted by Crippen LogP contribution is 2.30. The molecule has 0 aliphatic carbocycles. The Balaban J connectivity index is 1.47. The maximum atomic E-state index is 14.0. The van der Waals surface area contributed by atoms with Crippen LogP contribution >= 0.6 is 0 Å². The van der Waals surface area contributed by atoms with Crippen LogP contribution in [0, 0.1) is 12.7 Å². The number of nitrogens with one attached hydrogen (secondary N) is 1. The second kappa shape index (κ2) is 10.3. The molecule has 0 radical (unpaired) electrons. The summed E-state index contributed by atoms with van der Waals surface area (Å²) in [5.41, 5.74) is 2.37. The molecule has 1 fully saturated rings. The van der Waals surface area contributed by atoms with E-state index in [-0.39, 0.29) is 30.1 Å². The lowest BCUT2D eigenvalue weighted by Crippen LogP contribution is -2.40. The van der Waals surface area contributed by atoms with Crippen molar-refractivity contribution in [3.8, 4) is 0 Å². The molecule has 1 unspecified atom stereocenters. The van der Waals surface area contributed by atoms with Crippen molar-refractivity contribution >= 4 is 11.8 Å². The molecule has 2 aromatic carbocycles. The Kier molecular flexibility index (Phi) is 7.07. The van der Waals surface area contributed by atoms with E-state index in [1.807, 2.05) is 30.3 Å². The molecule has 7 heteroatoms. The quantitative estimate of drug-likeness (QED) is 0.617. The van der Waals surface area contributed by atoms with Gasteiger partial charge in [0.1, 0.15) is 5.82 Å². The van der Waals surface area contributed by atoms with Crippen molar-refractivity contribution in [1.82, 2.24) is 20.2 Å². The topological polar surface area (TPSA) is 75.2 Å². The van der Waals surface area contributed by atoms with Crippen molar-refractivity contribution in [2.24, 2.45) is 0 Å². The van der Waals surface area contributed by atoms with Gasteiger partial charge >= 0.3 is 0 Å². The number of likely N-dealkylation sites (tertiary alicyclic amines) is 1. The van der Waals surface area contributed by atoms with E-state index in [0.717, 1.165) is 24.8 Å². The van der Waals surface area contributed by atoms with Gasteiger partial charge in [0.25, 0.3) is 5.91 Å². The highest BCUT2D eigenvalue weighted by Gasteiger charge is 2.30. The van der Waals surface area contributed by atoms with Crippen LogP contribution in [0.1, 0.15) is 58.3 Å². The molecule has 0 spiro atoms. The molecule has 1 aromatic heterocycles. The highest BCUT2D eigenvalue weighted by molar-refractivity contribution is 5.94. The van der Waals surface area contributed by atoms with E-state index < -0.39 is 0 Å². The highest BCUT2D eigenvalue weighted by atomic mass is 19.1. The normalized spacial score (nSPS) is 15.8. The first-order valence-electron chi connectivity index (χ1n) is 11.2. The first-order valence-corrected chi connectivity index (χ1v) is 11.2. The molecule has 2 amide bonds. The standard InChI is InChI=1S/C26H27FN4O2/c1-18-21(26(33)29-16-19-9-3-2-4-10-19)17-28-25(30-18)23-13-7-8-14-31(23)24(32)15-20-11-5-6-12-22(20)27/h2-6,9-12,17,23H,7-8,13-16H2,1H3,(H,29,33). The Morgan fingerprint density at radius 1 is 1.09 bits per heavy atom. The molecule has 3 aromatic rings. The first-order chi connectivity index (χ1) is 16.0. The summed E-state index contributed by atoms with van der Waals surface area (Å²) in [5, 5.41) is 2.90. The fourth-order valence-electron chi connectivity index (χ4n) is 4.15. The molecule has 1 aliphatic rings. The summed E-state index contributed by atoms with van der Waals surface area (Å²) in [6.45, 7) is 2.78. The molecule has 170 valence electrons. The zero-order chi connectivity index (χ0) is 23.2. The molecule has 1 atom stereocenters. The van der Waals surface area contributed by atoms with Crippen LogP contribution in [-0.2, 0) is 17.8 Å². The van der Waals surface area contributed by atoms with Gasteiger partial charge in [0.05, 0.1) is 23.7 Å². The van der Waals surface area contributed by atoms with Crippen LogP contribution in [0.3, 0.4) is 0 Å². The van der Waals surface area contributed by atoms with Crippen LogP contribution in [0.5, 0.6) is 0 Å². The molecule has 6 nitrogen and oxygen atoms in total. The summed E-state index contributed by atoms with van der Waals surface area (Å²) in [4.78, 5) is 36.5. The summed E-state index contributed by atoms with van der Waals surface area (Å²) in [6.07, 6.45) is 4.12. The Morgan fingerprint density at radius 2 is 1.85 bits per heavy atom. The number of amides is 2. The molecule has 1 saturated heterocycles. The van der Waals surface area contributed by atoms with Gasteiger partial charge in [0.15, 0.2) is 5.82 Å². The van der Waals surface area contributed by atoms with E-state index >= 15 is 0 Å². The maximum absolute atomic E-state index is 14.0. The number of halogens is 1. The van der Waals surface area contributed by atoms with E-state index in [4.69, 9.17) is 0 Å². The average molecular weight is 447 g/mol. The van der Waals surface area contributed by atoms with Crippen molar-refractivity contribution in [2.75, 3.05) is 6.54 Å². The molecule has 0 bridgehead atoms. The van der Waals surface area contributed by atoms with Crippen molar-refractivity contribution in [2.45, 2.75) is 45.2 Å². The Hall–Kier alpha value is -3.61. The molecule has 1 N–H and O–H groups in total. The summed E-state index contributed by atoms with van der Waals surface area (Å²) in [5.74, 6) is -0.235. The first kappa shape index (κ1) is 22.6. The largest absolute Gasteiger partial charge is 0.348 e. The number of rotatable bonds is 6. The summed E-state index contributed by atoms with van der Waals surface area (Å²) < 4.78 is 14.0. The number of benzene rings is 2. The number of hydrogen-bond donors (Lipinski definition) is 1. The van der Waals surface area contributed by atoms with Gasteiger partial charge in [-0.05, 0) is 43.4 Å². The number of aryl methyl sites for hydroxylation is 1. The smallest absolute Gasteiger partial charge is 0.254 e. The summed E-state index contributed by atoms with van der Waals surface area (Å²) in [7, 11) is 0. The minimum absolute atomic E-state index is 0.00211. The molecule has 4 rings (SSSR count). The number of hydrogen-bond acceptors (Lipinski definition) is 4. The van der Waals surface area contributed by atoms with Crippen molar-refractivity contribution in [3.05, 3.63) is 94.8 Å². The van der Waals surface area contributed by atoms with Crippen molar-refractivity contribution < 1.29 is 14.0 Å². The molecular weight excluding hydrogens is 419 g/mol. The van der Waals surface area contributed by atoms with E-state index in [9.17, 15) is 14.0 Å². The van der Waals surface area contributed by atoms with Crippen LogP contribution in [0.25, 0.3) is 0 Å². The monoisotopic (exact) mass is 446 g/mol. The second-order valence-electron chi connectivity index (χ2n) is 8.26. The summed E-state index contributed by atoms with van der Waals surface area (Å²) >= 11 is 0. The zero-order valence-corrected chi connectivity index (χ0v) is 18.6. The van der Waals surface area contributed by atoms with Gasteiger partial charge in [0, 0.05) is 19.3 Å². The number of carbonyl (C=O) groups excluding carboxylic acids is 2. The Morgan fingerprint density at radius 3 is 2.61 bits per heavy atom. The van der Waals surface area contributed by atoms with Crippen LogP contribution in [-0.4, -0.2) is 33.2 Å². The van der Waals surface area contributed by atoms with E-state index in [2.05, 4.69) is 15.3 Å². The van der Waals surface area contributed by atoms with Gasteiger partial charge in [-0.15, -0.1) is 0 Å². The predicted octanol–water partition coefficient (Wildman–Crippen LogP) is 4.15. The van der Waals surface area contributed by atoms with E-state index in [1.165, 1.54) is 12.3 Å². The third kappa shape index (κ3) is 5.42. The number of piperidine rings is 1. The van der Waals surface area contributed by atoms with Crippen molar-refractivity contribution in [3.63, 3.8) is 0 Å². The van der Waals surface area contributed by atoms with Gasteiger partial charge < -0.3 is 10.2 Å². The predicted molar refractivity (Wildman–Crippen MR) is 123 cm³/mol. The Bertz CT molecular complexity index is 1140. The second-order valence-corrected chi connectivity index (χ2v) is 8.26. The SMILES string of the molecule is Cc1nc(C2CCCCN2C(=O)Cc2ccccc2F)ncc1C(=O)NCc1ccccc1. The number of carbonyl (C=O) groups is 2. The van der Waals surface area contributed by atoms with E-state index in [0.29, 0.717) is 35.7 Å². The summed E-state index contributed by atoms with van der Waals surface area (Å²) in [6, 6.07) is 15.7. The van der Waals surface area contributed by atoms with Gasteiger partial charge in [-0.3, -0.25) is 9.59 Å². The van der Waals surface area contributed by atoms with Gasteiger partial charge in [-0.1, -0.05) is 48.5 Å². The van der Waals surface area contributed by atoms with Crippen LogP contribution < -0.4 is 5.32 Å². The lowest BCUT2D eigenvalue weighted by molar-refractivity contribution is -0.134. The maximum Gasteiger partial charge on any atom is 0.254 e. The number of nitrogens with zero attached hydrogens (tertiary/aromatic N) is 3. The van der Waals surface area contributed by atoms with E-state index in [1.54, 1.807) is 30.0 Å². The molecular formula is C26H27FN4O2. The third-order valence-corrected chi connectivity index (χ3v) is 5.96. The minimum Gasteiger partial charge on any atom is -0.348 e. The van der Waals surface area contributed by atoms with Gasteiger partial charge in [0.2, 0.25) is 5.91 Å². The van der Waals surface area contributed by atoms with Crippen LogP contribution in [0.15, 0.2) is 60.8 Å². The molecule has 0 saturated carbocycles. The van der Waals surface area contributed by atoms with Crippen molar-refractivity contribution in [1.29, 1.82) is 0 Å². The lowest BCUT2D eigenvalue weighted by atomic mass is 9.99. The molecule has 33 heavy (non-hydrogen) atoms. The fraction of sp³-hybridized carbons (Fsp3) is 0.308. The Labute approximate surface area is 192 Å². The fourth-order valence-corrected chi connectivity index (χ4v) is 4.15. The lowest BCUT2D eigenvalue weighted by Gasteiger charge is -2.35. The molecule has 1 aliphatic heterocycles. The van der Waals surface area contributed by atoms with Crippen LogP contribution in [0.4, 0.5) is 4.39 Å². The van der Waals surface area contributed by atoms with Crippen LogP contribution in [0.2, 0.25) is 0 Å². The minimum atomic E-state index is -0.377. The zero-order valence-electron chi connectivity index (χ0n) is 18.6.